The number of nitrogens with two attached hydrogens (primary N) is 1. The summed E-state index contributed by atoms with van der Waals surface area (Å²) in [5.41, 5.74) is 7.52. The molecule has 0 radical (unpaired) electrons. The predicted octanol–water partition coefficient (Wildman–Crippen LogP) is 2.39. The third kappa shape index (κ3) is 5.63. The fourth-order valence-corrected chi connectivity index (χ4v) is 3.76. The molecule has 0 bridgehead atoms. The van der Waals surface area contributed by atoms with Gasteiger partial charge in [-0.15, -0.1) is 0 Å². The molecular weight excluding hydrogens is 310 g/mol. The molecular formula is C20H33N5. The number of guanidine groups is 1. The summed E-state index contributed by atoms with van der Waals surface area (Å²) >= 11 is 0. The quantitative estimate of drug-likeness (QED) is 0.507. The van der Waals surface area contributed by atoms with Gasteiger partial charge in [-0.25, -0.2) is 0 Å². The molecule has 0 saturated carbocycles. The molecule has 1 aromatic rings. The first-order chi connectivity index (χ1) is 12.3. The Morgan fingerprint density at radius 1 is 0.880 bits per heavy atom. The van der Waals surface area contributed by atoms with Crippen LogP contribution in [0.4, 0.5) is 5.69 Å². The van der Waals surface area contributed by atoms with Crippen molar-refractivity contribution in [3.8, 4) is 0 Å². The van der Waals surface area contributed by atoms with Crippen molar-refractivity contribution in [2.45, 2.75) is 32.1 Å². The summed E-state index contributed by atoms with van der Waals surface area (Å²) in [5, 5.41) is 0. The van der Waals surface area contributed by atoms with Gasteiger partial charge in [0.1, 0.15) is 0 Å². The van der Waals surface area contributed by atoms with Crippen molar-refractivity contribution in [3.05, 3.63) is 30.3 Å². The number of likely N-dealkylation sites (tertiary alicyclic amines) is 1. The molecule has 2 aliphatic heterocycles. The topological polar surface area (TPSA) is 48.1 Å². The molecule has 0 atom stereocenters. The lowest BCUT2D eigenvalue weighted by Crippen LogP contribution is -2.46. The molecule has 0 amide bonds. The number of anilines is 1. The molecule has 5 heteroatoms. The zero-order chi connectivity index (χ0) is 17.3. The van der Waals surface area contributed by atoms with Crippen molar-refractivity contribution in [1.82, 2.24) is 9.80 Å². The number of benzene rings is 1. The van der Waals surface area contributed by atoms with E-state index < -0.39 is 0 Å². The van der Waals surface area contributed by atoms with E-state index in [9.17, 15) is 0 Å². The Morgan fingerprint density at radius 2 is 1.56 bits per heavy atom. The molecule has 2 fully saturated rings. The van der Waals surface area contributed by atoms with Gasteiger partial charge >= 0.3 is 0 Å². The number of para-hydroxylation sites is 1. The van der Waals surface area contributed by atoms with Crippen molar-refractivity contribution in [1.29, 1.82) is 0 Å². The first-order valence-corrected chi connectivity index (χ1v) is 9.90. The maximum Gasteiger partial charge on any atom is 0.191 e. The highest BCUT2D eigenvalue weighted by molar-refractivity contribution is 5.78. The van der Waals surface area contributed by atoms with Gasteiger partial charge in [0.05, 0.1) is 0 Å². The molecule has 1 aromatic carbocycles. The highest BCUT2D eigenvalue weighted by Gasteiger charge is 2.16. The third-order valence-electron chi connectivity index (χ3n) is 5.33. The first-order valence-electron chi connectivity index (χ1n) is 9.90. The second-order valence-corrected chi connectivity index (χ2v) is 7.16. The Balaban J connectivity index is 1.34. The van der Waals surface area contributed by atoms with E-state index in [4.69, 9.17) is 5.73 Å². The molecule has 0 spiro atoms. The van der Waals surface area contributed by atoms with E-state index >= 15 is 0 Å². The van der Waals surface area contributed by atoms with Gasteiger partial charge in [0.25, 0.3) is 0 Å². The standard InChI is InChI=1S/C20H33N5/c21-20(25-13-6-1-2-7-14-25)22-11-8-12-23-15-17-24(18-16-23)19-9-4-3-5-10-19/h3-5,9-10H,1-2,6-8,11-18H2,(H2,21,22). The van der Waals surface area contributed by atoms with Gasteiger partial charge in [0.15, 0.2) is 5.96 Å². The molecule has 138 valence electrons. The summed E-state index contributed by atoms with van der Waals surface area (Å²) in [4.78, 5) is 11.9. The molecule has 3 rings (SSSR count). The minimum Gasteiger partial charge on any atom is -0.370 e. The lowest BCUT2D eigenvalue weighted by atomic mass is 10.2. The molecule has 0 aliphatic carbocycles. The Morgan fingerprint density at radius 3 is 2.24 bits per heavy atom. The van der Waals surface area contributed by atoms with Crippen molar-refractivity contribution in [3.63, 3.8) is 0 Å². The average Bonchev–Trinajstić information content (AvgIpc) is 2.96. The second-order valence-electron chi connectivity index (χ2n) is 7.16. The van der Waals surface area contributed by atoms with Crippen molar-refractivity contribution >= 4 is 11.6 Å². The number of hydrogen-bond acceptors (Lipinski definition) is 3. The molecule has 0 unspecified atom stereocenters. The zero-order valence-corrected chi connectivity index (χ0v) is 15.4. The van der Waals surface area contributed by atoms with Gasteiger partial charge < -0.3 is 15.5 Å². The van der Waals surface area contributed by atoms with Gasteiger partial charge in [0.2, 0.25) is 0 Å². The van der Waals surface area contributed by atoms with Gasteiger partial charge in [0, 0.05) is 58.0 Å². The predicted molar refractivity (Wildman–Crippen MR) is 106 cm³/mol. The fraction of sp³-hybridized carbons (Fsp3) is 0.650. The largest absolute Gasteiger partial charge is 0.370 e. The molecule has 2 heterocycles. The minimum absolute atomic E-state index is 0.760. The SMILES string of the molecule is NC(=NCCCN1CCN(c2ccccc2)CC1)N1CCCCCC1. The third-order valence-corrected chi connectivity index (χ3v) is 5.33. The maximum atomic E-state index is 6.18. The monoisotopic (exact) mass is 343 g/mol. The van der Waals surface area contributed by atoms with Crippen LogP contribution in [0.3, 0.4) is 0 Å². The van der Waals surface area contributed by atoms with Crippen LogP contribution in [0.2, 0.25) is 0 Å². The van der Waals surface area contributed by atoms with Crippen LogP contribution in [0.25, 0.3) is 0 Å². The lowest BCUT2D eigenvalue weighted by molar-refractivity contribution is 0.256. The van der Waals surface area contributed by atoms with E-state index in [0.717, 1.165) is 64.7 Å². The lowest BCUT2D eigenvalue weighted by Gasteiger charge is -2.36. The summed E-state index contributed by atoms with van der Waals surface area (Å²) in [6, 6.07) is 10.7. The normalized spacial score (nSPS) is 20.6. The van der Waals surface area contributed by atoms with E-state index in [0.29, 0.717) is 0 Å². The van der Waals surface area contributed by atoms with E-state index in [1.807, 2.05) is 0 Å². The molecule has 5 nitrogen and oxygen atoms in total. The van der Waals surface area contributed by atoms with Crippen LogP contribution in [0.15, 0.2) is 35.3 Å². The molecule has 25 heavy (non-hydrogen) atoms. The summed E-state index contributed by atoms with van der Waals surface area (Å²) < 4.78 is 0. The van der Waals surface area contributed by atoms with E-state index in [-0.39, 0.29) is 0 Å². The Bertz CT molecular complexity index is 514. The van der Waals surface area contributed by atoms with Crippen LogP contribution < -0.4 is 10.6 Å². The Hall–Kier alpha value is -1.75. The van der Waals surface area contributed by atoms with Crippen LogP contribution in [0.5, 0.6) is 0 Å². The molecule has 2 N–H and O–H groups in total. The van der Waals surface area contributed by atoms with Crippen LogP contribution >= 0.6 is 0 Å². The molecule has 2 aliphatic rings. The summed E-state index contributed by atoms with van der Waals surface area (Å²) in [6.45, 7) is 8.64. The summed E-state index contributed by atoms with van der Waals surface area (Å²) in [5.74, 6) is 0.760. The first kappa shape index (κ1) is 18.1. The van der Waals surface area contributed by atoms with Crippen LogP contribution in [-0.2, 0) is 0 Å². The maximum absolute atomic E-state index is 6.18. The highest BCUT2D eigenvalue weighted by atomic mass is 15.3. The summed E-state index contributed by atoms with van der Waals surface area (Å²) in [6.07, 6.45) is 6.27. The van der Waals surface area contributed by atoms with Gasteiger partial charge in [-0.3, -0.25) is 9.89 Å². The van der Waals surface area contributed by atoms with Crippen LogP contribution in [-0.4, -0.2) is 68.1 Å². The molecule has 2 saturated heterocycles. The van der Waals surface area contributed by atoms with E-state index in [1.54, 1.807) is 0 Å². The Labute approximate surface area is 152 Å². The van der Waals surface area contributed by atoms with Crippen molar-refractivity contribution in [2.75, 3.05) is 57.3 Å². The van der Waals surface area contributed by atoms with Crippen molar-refractivity contribution in [2.24, 2.45) is 10.7 Å². The number of hydrogen-bond donors (Lipinski definition) is 1. The fourth-order valence-electron chi connectivity index (χ4n) is 3.76. The minimum atomic E-state index is 0.760. The van der Waals surface area contributed by atoms with Gasteiger partial charge in [-0.1, -0.05) is 31.0 Å². The smallest absolute Gasteiger partial charge is 0.191 e. The number of rotatable bonds is 5. The zero-order valence-electron chi connectivity index (χ0n) is 15.4. The van der Waals surface area contributed by atoms with Crippen LogP contribution in [0, 0.1) is 0 Å². The number of aliphatic imine (C=N–C) groups is 1. The van der Waals surface area contributed by atoms with Crippen molar-refractivity contribution < 1.29 is 0 Å². The summed E-state index contributed by atoms with van der Waals surface area (Å²) in [7, 11) is 0. The van der Waals surface area contributed by atoms with Gasteiger partial charge in [-0.2, -0.15) is 0 Å². The Kier molecular flexibility index (Phi) is 6.98. The van der Waals surface area contributed by atoms with E-state index in [2.05, 4.69) is 50.0 Å². The van der Waals surface area contributed by atoms with E-state index in [1.165, 1.54) is 31.4 Å². The second kappa shape index (κ2) is 9.66. The number of nitrogens with zero attached hydrogens (tertiary/aromatic N) is 4. The highest BCUT2D eigenvalue weighted by Crippen LogP contribution is 2.15. The molecule has 0 aromatic heterocycles. The average molecular weight is 344 g/mol. The number of piperazine rings is 1. The van der Waals surface area contributed by atoms with Crippen LogP contribution in [0.1, 0.15) is 32.1 Å². The van der Waals surface area contributed by atoms with Gasteiger partial charge in [-0.05, 0) is 31.4 Å².